The molecule has 3 rings (SSSR count). The highest BCUT2D eigenvalue weighted by Gasteiger charge is 2.42. The Morgan fingerprint density at radius 1 is 1.18 bits per heavy atom. The Balaban J connectivity index is 1.68. The Hall–Kier alpha value is -1.85. The van der Waals surface area contributed by atoms with Gasteiger partial charge in [-0.15, -0.1) is 0 Å². The second-order valence-corrected chi connectivity index (χ2v) is 4.66. The van der Waals surface area contributed by atoms with Gasteiger partial charge >= 0.3 is 6.09 Å². The first kappa shape index (κ1) is 10.3. The van der Waals surface area contributed by atoms with Crippen molar-refractivity contribution in [1.29, 1.82) is 0 Å². The molecule has 0 aliphatic carbocycles. The second kappa shape index (κ2) is 3.87. The molecule has 3 heterocycles. The predicted molar refractivity (Wildman–Crippen MR) is 60.8 cm³/mol. The van der Waals surface area contributed by atoms with Gasteiger partial charge in [0.1, 0.15) is 0 Å². The van der Waals surface area contributed by atoms with Gasteiger partial charge < -0.3 is 14.9 Å². The topological polar surface area (TPSA) is 69.6 Å². The minimum absolute atomic E-state index is 0.426. The van der Waals surface area contributed by atoms with Crippen molar-refractivity contribution in [2.45, 2.75) is 0 Å². The van der Waals surface area contributed by atoms with Crippen LogP contribution in [0.5, 0.6) is 0 Å². The minimum Gasteiger partial charge on any atom is -0.465 e. The highest BCUT2D eigenvalue weighted by molar-refractivity contribution is 5.65. The van der Waals surface area contributed by atoms with Gasteiger partial charge in [-0.25, -0.2) is 14.8 Å². The summed E-state index contributed by atoms with van der Waals surface area (Å²) in [7, 11) is 0. The quantitative estimate of drug-likeness (QED) is 0.767. The third-order valence-corrected chi connectivity index (χ3v) is 3.59. The second-order valence-electron chi connectivity index (χ2n) is 4.66. The lowest BCUT2D eigenvalue weighted by Crippen LogP contribution is -2.32. The lowest BCUT2D eigenvalue weighted by molar-refractivity contribution is 0.153. The van der Waals surface area contributed by atoms with Gasteiger partial charge in [0.2, 0.25) is 5.95 Å². The smallest absolute Gasteiger partial charge is 0.407 e. The molecular weight excluding hydrogens is 220 g/mol. The maximum atomic E-state index is 10.9. The molecule has 0 spiro atoms. The molecule has 17 heavy (non-hydrogen) atoms. The van der Waals surface area contributed by atoms with Crippen LogP contribution < -0.4 is 4.90 Å². The Kier molecular flexibility index (Phi) is 2.35. The van der Waals surface area contributed by atoms with Crippen LogP contribution in [0.2, 0.25) is 0 Å². The van der Waals surface area contributed by atoms with Crippen molar-refractivity contribution in [2.24, 2.45) is 11.8 Å². The molecule has 6 heteroatoms. The van der Waals surface area contributed by atoms with Gasteiger partial charge in [-0.2, -0.15) is 0 Å². The van der Waals surface area contributed by atoms with Crippen molar-refractivity contribution in [3.8, 4) is 0 Å². The van der Waals surface area contributed by atoms with Crippen LogP contribution in [0.3, 0.4) is 0 Å². The number of rotatable bonds is 1. The number of hydrogen-bond donors (Lipinski definition) is 1. The van der Waals surface area contributed by atoms with Crippen molar-refractivity contribution >= 4 is 12.0 Å². The molecule has 2 aliphatic heterocycles. The zero-order valence-corrected chi connectivity index (χ0v) is 9.36. The molecule has 1 amide bonds. The summed E-state index contributed by atoms with van der Waals surface area (Å²) in [6.45, 7) is 3.00. The summed E-state index contributed by atoms with van der Waals surface area (Å²) in [5.41, 5.74) is 0. The predicted octanol–water partition coefficient (Wildman–Crippen LogP) is 0.523. The number of hydrogen-bond acceptors (Lipinski definition) is 4. The summed E-state index contributed by atoms with van der Waals surface area (Å²) >= 11 is 0. The van der Waals surface area contributed by atoms with Crippen molar-refractivity contribution in [3.63, 3.8) is 0 Å². The normalized spacial score (nSPS) is 27.3. The van der Waals surface area contributed by atoms with E-state index in [9.17, 15) is 4.79 Å². The summed E-state index contributed by atoms with van der Waals surface area (Å²) in [4.78, 5) is 23.0. The van der Waals surface area contributed by atoms with Crippen molar-refractivity contribution in [1.82, 2.24) is 14.9 Å². The first-order valence-electron chi connectivity index (χ1n) is 5.74. The van der Waals surface area contributed by atoms with E-state index < -0.39 is 6.09 Å². The average Bonchev–Trinajstić information content (AvgIpc) is 2.87. The van der Waals surface area contributed by atoms with Crippen molar-refractivity contribution in [3.05, 3.63) is 18.5 Å². The van der Waals surface area contributed by atoms with E-state index in [1.165, 1.54) is 4.90 Å². The van der Waals surface area contributed by atoms with E-state index in [1.807, 2.05) is 0 Å². The number of nitrogens with zero attached hydrogens (tertiary/aromatic N) is 4. The number of carbonyl (C=O) groups is 1. The third kappa shape index (κ3) is 1.79. The maximum Gasteiger partial charge on any atom is 0.407 e. The first-order valence-corrected chi connectivity index (χ1v) is 5.74. The number of likely N-dealkylation sites (tertiary alicyclic amines) is 1. The monoisotopic (exact) mass is 234 g/mol. The SMILES string of the molecule is O=C(O)N1CC2CN(c3ncccn3)CC2C1. The molecular formula is C11H14N4O2. The fraction of sp³-hybridized carbons (Fsp3) is 0.545. The van der Waals surface area contributed by atoms with Crippen LogP contribution >= 0.6 is 0 Å². The highest BCUT2D eigenvalue weighted by Crippen LogP contribution is 2.32. The summed E-state index contributed by atoms with van der Waals surface area (Å²) in [5, 5.41) is 8.94. The Morgan fingerprint density at radius 3 is 2.29 bits per heavy atom. The number of carboxylic acid groups (broad SMARTS) is 1. The van der Waals surface area contributed by atoms with Crippen LogP contribution in [0.15, 0.2) is 18.5 Å². The molecule has 0 bridgehead atoms. The Bertz CT molecular complexity index is 411. The van der Waals surface area contributed by atoms with Crippen LogP contribution in [-0.4, -0.2) is 52.2 Å². The summed E-state index contributed by atoms with van der Waals surface area (Å²) < 4.78 is 0. The molecule has 1 aromatic rings. The number of aromatic nitrogens is 2. The van der Waals surface area contributed by atoms with E-state index in [0.717, 1.165) is 19.0 Å². The molecule has 2 unspecified atom stereocenters. The fourth-order valence-electron chi connectivity index (χ4n) is 2.77. The molecule has 6 nitrogen and oxygen atoms in total. The summed E-state index contributed by atoms with van der Waals surface area (Å²) in [5.74, 6) is 1.61. The fourth-order valence-corrected chi connectivity index (χ4v) is 2.77. The Morgan fingerprint density at radius 2 is 1.76 bits per heavy atom. The molecule has 0 saturated carbocycles. The molecule has 0 radical (unpaired) electrons. The number of amides is 1. The van der Waals surface area contributed by atoms with Crippen molar-refractivity contribution in [2.75, 3.05) is 31.1 Å². The number of fused-ring (bicyclic) bond motifs is 1. The van der Waals surface area contributed by atoms with Gasteiger partial charge in [-0.1, -0.05) is 0 Å². The van der Waals surface area contributed by atoms with Gasteiger partial charge in [-0.05, 0) is 6.07 Å². The minimum atomic E-state index is -0.804. The summed E-state index contributed by atoms with van der Waals surface area (Å²) in [6.07, 6.45) is 2.67. The Labute approximate surface area is 98.9 Å². The third-order valence-electron chi connectivity index (χ3n) is 3.59. The highest BCUT2D eigenvalue weighted by atomic mass is 16.4. The van der Waals surface area contributed by atoms with Gasteiger partial charge in [0, 0.05) is 50.4 Å². The molecule has 1 aromatic heterocycles. The molecule has 2 fully saturated rings. The summed E-state index contributed by atoms with van der Waals surface area (Å²) in [6, 6.07) is 1.80. The van der Waals surface area contributed by atoms with E-state index in [0.29, 0.717) is 24.9 Å². The van der Waals surface area contributed by atoms with E-state index in [2.05, 4.69) is 14.9 Å². The first-order chi connectivity index (χ1) is 8.24. The molecule has 2 atom stereocenters. The average molecular weight is 234 g/mol. The molecule has 1 N–H and O–H groups in total. The molecule has 90 valence electrons. The zero-order chi connectivity index (χ0) is 11.8. The van der Waals surface area contributed by atoms with E-state index in [1.54, 1.807) is 18.5 Å². The lowest BCUT2D eigenvalue weighted by atomic mass is 10.0. The molecule has 2 saturated heterocycles. The number of anilines is 1. The van der Waals surface area contributed by atoms with Crippen LogP contribution in [0.25, 0.3) is 0 Å². The van der Waals surface area contributed by atoms with Gasteiger partial charge in [0.25, 0.3) is 0 Å². The van der Waals surface area contributed by atoms with E-state index in [4.69, 9.17) is 5.11 Å². The standard InChI is InChI=1S/C11H14N4O2/c16-11(17)15-6-8-4-14(5-9(8)7-15)10-12-2-1-3-13-10/h1-3,8-9H,4-7H2,(H,16,17). The largest absolute Gasteiger partial charge is 0.465 e. The van der Waals surface area contributed by atoms with Gasteiger partial charge in [0.05, 0.1) is 0 Å². The van der Waals surface area contributed by atoms with Gasteiger partial charge in [-0.3, -0.25) is 0 Å². The molecule has 2 aliphatic rings. The van der Waals surface area contributed by atoms with Gasteiger partial charge in [0.15, 0.2) is 0 Å². The zero-order valence-electron chi connectivity index (χ0n) is 9.36. The maximum absolute atomic E-state index is 10.9. The lowest BCUT2D eigenvalue weighted by Gasteiger charge is -2.19. The molecule has 0 aromatic carbocycles. The van der Waals surface area contributed by atoms with Crippen molar-refractivity contribution < 1.29 is 9.90 Å². The van der Waals surface area contributed by atoms with E-state index >= 15 is 0 Å². The van der Waals surface area contributed by atoms with Crippen LogP contribution in [-0.2, 0) is 0 Å². The van der Waals surface area contributed by atoms with Crippen LogP contribution in [0.1, 0.15) is 0 Å². The van der Waals surface area contributed by atoms with Crippen LogP contribution in [0.4, 0.5) is 10.7 Å². The van der Waals surface area contributed by atoms with Crippen LogP contribution in [0, 0.1) is 11.8 Å². The van der Waals surface area contributed by atoms with E-state index in [-0.39, 0.29) is 0 Å².